The minimum atomic E-state index is -0.00723. The number of thiocarbonyl (C=S) groups is 1. The van der Waals surface area contributed by atoms with E-state index in [1.54, 1.807) is 0 Å². The van der Waals surface area contributed by atoms with Crippen molar-refractivity contribution in [2.75, 3.05) is 19.8 Å². The first-order valence-corrected chi connectivity index (χ1v) is 7.62. The number of aromatic hydroxyl groups is 1. The molecule has 0 aliphatic heterocycles. The standard InChI is InChI=1S/C15H20N4O2S/c1-3-21-9-5-8-16-15(22)19-18-13-11-7-4-6-10(2)12(11)17-14(13)20/h4,6-7,17,20H,3,5,8-9H2,1-2H3,(H,16,22). The number of para-hydroxylation sites is 1. The largest absolute Gasteiger partial charge is 0.493 e. The molecular weight excluding hydrogens is 300 g/mol. The van der Waals surface area contributed by atoms with Crippen LogP contribution in [0.5, 0.6) is 5.88 Å². The number of aromatic amines is 1. The maximum Gasteiger partial charge on any atom is 0.218 e. The molecule has 0 unspecified atom stereocenters. The molecule has 22 heavy (non-hydrogen) atoms. The SMILES string of the molecule is CCOCCCNC(=S)N=Nc1c(O)[nH]c2c(C)cccc12. The third kappa shape index (κ3) is 4.02. The van der Waals surface area contributed by atoms with Gasteiger partial charge in [0.2, 0.25) is 11.0 Å². The van der Waals surface area contributed by atoms with Gasteiger partial charge in [-0.1, -0.05) is 18.2 Å². The van der Waals surface area contributed by atoms with Crippen molar-refractivity contribution in [1.82, 2.24) is 10.3 Å². The lowest BCUT2D eigenvalue weighted by Crippen LogP contribution is -2.21. The Labute approximate surface area is 134 Å². The van der Waals surface area contributed by atoms with Gasteiger partial charge in [0.25, 0.3) is 0 Å². The van der Waals surface area contributed by atoms with Crippen molar-refractivity contribution in [2.45, 2.75) is 20.3 Å². The number of nitrogens with zero attached hydrogens (tertiary/aromatic N) is 2. The Hall–Kier alpha value is -1.99. The summed E-state index contributed by atoms with van der Waals surface area (Å²) < 4.78 is 5.23. The molecule has 0 saturated heterocycles. The van der Waals surface area contributed by atoms with Gasteiger partial charge in [-0.2, -0.15) is 0 Å². The van der Waals surface area contributed by atoms with Crippen LogP contribution in [0.2, 0.25) is 0 Å². The van der Waals surface area contributed by atoms with Gasteiger partial charge in [0.15, 0.2) is 5.69 Å². The Balaban J connectivity index is 2.00. The van der Waals surface area contributed by atoms with Gasteiger partial charge in [-0.3, -0.25) is 0 Å². The number of fused-ring (bicyclic) bond motifs is 1. The van der Waals surface area contributed by atoms with Crippen molar-refractivity contribution in [3.05, 3.63) is 23.8 Å². The number of hydrogen-bond acceptors (Lipinski definition) is 4. The van der Waals surface area contributed by atoms with Gasteiger partial charge >= 0.3 is 0 Å². The van der Waals surface area contributed by atoms with Crippen LogP contribution in [0.25, 0.3) is 10.9 Å². The van der Waals surface area contributed by atoms with E-state index < -0.39 is 0 Å². The van der Waals surface area contributed by atoms with Gasteiger partial charge in [-0.05, 0) is 38.0 Å². The van der Waals surface area contributed by atoms with Crippen LogP contribution in [0.15, 0.2) is 28.4 Å². The molecule has 1 aromatic heterocycles. The molecule has 0 fully saturated rings. The molecule has 6 nitrogen and oxygen atoms in total. The van der Waals surface area contributed by atoms with Crippen LogP contribution in [0, 0.1) is 6.92 Å². The van der Waals surface area contributed by atoms with Gasteiger partial charge in [0.1, 0.15) is 0 Å². The first kappa shape index (κ1) is 16.4. The molecule has 0 amide bonds. The molecule has 0 bridgehead atoms. The molecule has 3 N–H and O–H groups in total. The highest BCUT2D eigenvalue weighted by atomic mass is 32.1. The van der Waals surface area contributed by atoms with Gasteiger partial charge in [-0.25, -0.2) is 0 Å². The van der Waals surface area contributed by atoms with Crippen molar-refractivity contribution in [2.24, 2.45) is 10.2 Å². The third-order valence-electron chi connectivity index (χ3n) is 3.18. The molecular formula is C15H20N4O2S. The summed E-state index contributed by atoms with van der Waals surface area (Å²) in [5, 5.41) is 22.1. The number of H-pyrrole nitrogens is 1. The second-order valence-electron chi connectivity index (χ2n) is 4.80. The van der Waals surface area contributed by atoms with Gasteiger partial charge in [0.05, 0.1) is 5.52 Å². The number of aryl methyl sites for hydroxylation is 1. The van der Waals surface area contributed by atoms with E-state index in [0.29, 0.717) is 25.4 Å². The quantitative estimate of drug-likeness (QED) is 0.432. The maximum absolute atomic E-state index is 9.96. The fourth-order valence-corrected chi connectivity index (χ4v) is 2.22. The summed E-state index contributed by atoms with van der Waals surface area (Å²) in [6.45, 7) is 6.00. The Bertz CT molecular complexity index is 681. The molecule has 118 valence electrons. The van der Waals surface area contributed by atoms with E-state index >= 15 is 0 Å². The molecule has 0 aliphatic rings. The monoisotopic (exact) mass is 320 g/mol. The summed E-state index contributed by atoms with van der Waals surface area (Å²) in [6, 6.07) is 5.75. The second kappa shape index (κ2) is 7.86. The number of hydrogen-bond donors (Lipinski definition) is 3. The highest BCUT2D eigenvalue weighted by Crippen LogP contribution is 2.36. The van der Waals surface area contributed by atoms with Crippen LogP contribution in [0.4, 0.5) is 5.69 Å². The van der Waals surface area contributed by atoms with Crippen molar-refractivity contribution in [1.29, 1.82) is 0 Å². The predicted octanol–water partition coefficient (Wildman–Crippen LogP) is 3.57. The first-order chi connectivity index (χ1) is 10.6. The smallest absolute Gasteiger partial charge is 0.218 e. The van der Waals surface area contributed by atoms with Crippen LogP contribution >= 0.6 is 12.2 Å². The number of aromatic nitrogens is 1. The Kier molecular flexibility index (Phi) is 5.85. The summed E-state index contributed by atoms with van der Waals surface area (Å²) in [6.07, 6.45) is 0.848. The zero-order valence-corrected chi connectivity index (χ0v) is 13.5. The zero-order valence-electron chi connectivity index (χ0n) is 12.7. The molecule has 1 heterocycles. The van der Waals surface area contributed by atoms with Crippen LogP contribution in [-0.2, 0) is 4.74 Å². The van der Waals surface area contributed by atoms with E-state index in [1.165, 1.54) is 0 Å². The average Bonchev–Trinajstić information content (AvgIpc) is 2.82. The number of nitrogens with one attached hydrogen (secondary N) is 2. The Morgan fingerprint density at radius 1 is 1.45 bits per heavy atom. The first-order valence-electron chi connectivity index (χ1n) is 7.21. The molecule has 2 rings (SSSR count). The number of ether oxygens (including phenoxy) is 1. The van der Waals surface area contributed by atoms with Gasteiger partial charge in [-0.15, -0.1) is 10.2 Å². The Morgan fingerprint density at radius 3 is 3.05 bits per heavy atom. The van der Waals surface area contributed by atoms with Crippen LogP contribution < -0.4 is 5.32 Å². The van der Waals surface area contributed by atoms with Gasteiger partial charge in [0, 0.05) is 25.1 Å². The van der Waals surface area contributed by atoms with E-state index in [9.17, 15) is 5.11 Å². The molecule has 1 aromatic carbocycles. The maximum atomic E-state index is 9.96. The summed E-state index contributed by atoms with van der Waals surface area (Å²) in [7, 11) is 0. The fourth-order valence-electron chi connectivity index (χ4n) is 2.08. The molecule has 0 aliphatic carbocycles. The molecule has 7 heteroatoms. The molecule has 0 spiro atoms. The van der Waals surface area contributed by atoms with E-state index in [-0.39, 0.29) is 11.0 Å². The summed E-state index contributed by atoms with van der Waals surface area (Å²) >= 11 is 5.09. The molecule has 2 aromatic rings. The minimum absolute atomic E-state index is 0.00723. The lowest BCUT2D eigenvalue weighted by atomic mass is 10.1. The van der Waals surface area contributed by atoms with Crippen LogP contribution in [-0.4, -0.2) is 35.0 Å². The average molecular weight is 320 g/mol. The van der Waals surface area contributed by atoms with E-state index in [2.05, 4.69) is 20.5 Å². The van der Waals surface area contributed by atoms with E-state index in [1.807, 2.05) is 32.0 Å². The van der Waals surface area contributed by atoms with E-state index in [4.69, 9.17) is 17.0 Å². The summed E-state index contributed by atoms with van der Waals surface area (Å²) in [4.78, 5) is 2.91. The second-order valence-corrected chi connectivity index (χ2v) is 5.19. The van der Waals surface area contributed by atoms with Crippen molar-refractivity contribution in [3.8, 4) is 5.88 Å². The van der Waals surface area contributed by atoms with E-state index in [0.717, 1.165) is 22.9 Å². The lowest BCUT2D eigenvalue weighted by Gasteiger charge is -2.03. The molecule has 0 saturated carbocycles. The van der Waals surface area contributed by atoms with Crippen LogP contribution in [0.1, 0.15) is 18.9 Å². The summed E-state index contributed by atoms with van der Waals surface area (Å²) in [5.74, 6) is -0.00723. The minimum Gasteiger partial charge on any atom is -0.493 e. The predicted molar refractivity (Wildman–Crippen MR) is 90.9 cm³/mol. The highest BCUT2D eigenvalue weighted by Gasteiger charge is 2.11. The highest BCUT2D eigenvalue weighted by molar-refractivity contribution is 7.80. The number of azo groups is 1. The molecule has 0 atom stereocenters. The normalized spacial score (nSPS) is 11.4. The zero-order chi connectivity index (χ0) is 15.9. The van der Waals surface area contributed by atoms with Crippen molar-refractivity contribution >= 4 is 33.9 Å². The summed E-state index contributed by atoms with van der Waals surface area (Å²) in [5.41, 5.74) is 2.28. The Morgan fingerprint density at radius 2 is 2.27 bits per heavy atom. The van der Waals surface area contributed by atoms with Gasteiger partial charge < -0.3 is 20.1 Å². The number of rotatable bonds is 6. The van der Waals surface area contributed by atoms with Crippen molar-refractivity contribution in [3.63, 3.8) is 0 Å². The lowest BCUT2D eigenvalue weighted by molar-refractivity contribution is 0.146. The topological polar surface area (TPSA) is 82.0 Å². The van der Waals surface area contributed by atoms with Crippen molar-refractivity contribution < 1.29 is 9.84 Å². The molecule has 0 radical (unpaired) electrons. The fraction of sp³-hybridized carbons (Fsp3) is 0.400. The third-order valence-corrected chi connectivity index (χ3v) is 3.41. The van der Waals surface area contributed by atoms with Crippen LogP contribution in [0.3, 0.4) is 0 Å². The number of benzene rings is 1.